The monoisotopic (exact) mass is 299 g/mol. The number of aliphatic hydroxyl groups is 1. The molecule has 2 atom stereocenters. The Morgan fingerprint density at radius 2 is 2.15 bits per heavy atom. The van der Waals surface area contributed by atoms with Crippen LogP contribution in [0.15, 0.2) is 16.8 Å². The lowest BCUT2D eigenvalue weighted by Crippen LogP contribution is -2.45. The summed E-state index contributed by atoms with van der Waals surface area (Å²) in [5, 5.41) is 18.7. The summed E-state index contributed by atoms with van der Waals surface area (Å²) in [6, 6.07) is 1.82. The van der Waals surface area contributed by atoms with Crippen LogP contribution in [0.2, 0.25) is 0 Å². The summed E-state index contributed by atoms with van der Waals surface area (Å²) >= 11 is 1.67. The molecule has 20 heavy (non-hydrogen) atoms. The van der Waals surface area contributed by atoms with Crippen LogP contribution < -0.4 is 10.6 Å². The van der Waals surface area contributed by atoms with Crippen molar-refractivity contribution >= 4 is 17.4 Å². The molecule has 1 unspecified atom stereocenters. The second-order valence-corrected chi connectivity index (χ2v) is 5.51. The lowest BCUT2D eigenvalue weighted by Gasteiger charge is -2.29. The summed E-state index contributed by atoms with van der Waals surface area (Å²) < 4.78 is 0. The van der Waals surface area contributed by atoms with E-state index in [2.05, 4.69) is 46.2 Å². The van der Waals surface area contributed by atoms with E-state index in [9.17, 15) is 4.79 Å². The molecular weight excluding hydrogens is 274 g/mol. The number of carbonyl (C=O) groups is 1. The van der Waals surface area contributed by atoms with Crippen LogP contribution in [-0.4, -0.2) is 48.3 Å². The maximum Gasteiger partial charge on any atom is 0.315 e. The number of amides is 2. The van der Waals surface area contributed by atoms with Crippen molar-refractivity contribution in [3.8, 4) is 0 Å². The molecule has 0 aliphatic carbocycles. The zero-order valence-corrected chi connectivity index (χ0v) is 13.2. The van der Waals surface area contributed by atoms with Gasteiger partial charge in [-0.15, -0.1) is 0 Å². The number of rotatable bonds is 8. The van der Waals surface area contributed by atoms with Gasteiger partial charge in [-0.05, 0) is 42.4 Å². The van der Waals surface area contributed by atoms with E-state index < -0.39 is 0 Å². The van der Waals surface area contributed by atoms with Gasteiger partial charge in [-0.2, -0.15) is 11.3 Å². The first-order chi connectivity index (χ1) is 9.62. The maximum atomic E-state index is 11.7. The Morgan fingerprint density at radius 3 is 2.65 bits per heavy atom. The molecule has 0 radical (unpaired) electrons. The van der Waals surface area contributed by atoms with Gasteiger partial charge in [0.15, 0.2) is 0 Å². The molecule has 1 rings (SSSR count). The number of hydrogen-bond donors (Lipinski definition) is 3. The summed E-state index contributed by atoms with van der Waals surface area (Å²) in [6.07, 6.45) is 0. The number of thiophene rings is 1. The molecule has 3 N–H and O–H groups in total. The van der Waals surface area contributed by atoms with Gasteiger partial charge in [0.25, 0.3) is 0 Å². The first-order valence-electron chi connectivity index (χ1n) is 7.03. The number of nitrogens with one attached hydrogen (secondary N) is 2. The maximum absolute atomic E-state index is 11.7. The number of nitrogens with zero attached hydrogens (tertiary/aromatic N) is 1. The second kappa shape index (κ2) is 8.94. The zero-order chi connectivity index (χ0) is 15.0. The molecule has 0 spiro atoms. The van der Waals surface area contributed by atoms with Crippen molar-refractivity contribution in [1.29, 1.82) is 0 Å². The predicted molar refractivity (Wildman–Crippen MR) is 83.1 cm³/mol. The van der Waals surface area contributed by atoms with Crippen LogP contribution in [0, 0.1) is 0 Å². The third-order valence-electron chi connectivity index (χ3n) is 3.29. The van der Waals surface area contributed by atoms with Crippen LogP contribution >= 0.6 is 11.3 Å². The van der Waals surface area contributed by atoms with Crippen LogP contribution in [0.3, 0.4) is 0 Å². The number of aliphatic hydroxyl groups excluding tert-OH is 1. The summed E-state index contributed by atoms with van der Waals surface area (Å²) in [7, 11) is 0. The lowest BCUT2D eigenvalue weighted by molar-refractivity contribution is 0.200. The molecule has 1 aromatic heterocycles. The summed E-state index contributed by atoms with van der Waals surface area (Å²) in [6.45, 7) is 8.38. The minimum Gasteiger partial charge on any atom is -0.394 e. The van der Waals surface area contributed by atoms with Crippen LogP contribution in [0.1, 0.15) is 32.4 Å². The third-order valence-corrected chi connectivity index (χ3v) is 3.99. The molecule has 5 nitrogen and oxygen atoms in total. The van der Waals surface area contributed by atoms with E-state index in [1.54, 1.807) is 18.3 Å². The van der Waals surface area contributed by atoms with Crippen LogP contribution in [0.4, 0.5) is 4.79 Å². The Labute approximate surface area is 125 Å². The molecule has 0 fully saturated rings. The number of carbonyl (C=O) groups excluding carboxylic acids is 1. The highest BCUT2D eigenvalue weighted by molar-refractivity contribution is 7.07. The van der Waals surface area contributed by atoms with E-state index >= 15 is 0 Å². The average Bonchev–Trinajstić information content (AvgIpc) is 2.97. The van der Waals surface area contributed by atoms with E-state index in [1.165, 1.54) is 5.56 Å². The van der Waals surface area contributed by atoms with Gasteiger partial charge in [0.05, 0.1) is 18.7 Å². The van der Waals surface area contributed by atoms with E-state index in [-0.39, 0.29) is 24.7 Å². The highest BCUT2D eigenvalue weighted by Gasteiger charge is 2.19. The fraction of sp³-hybridized carbons (Fsp3) is 0.643. The Bertz CT molecular complexity index is 380. The van der Waals surface area contributed by atoms with Crippen molar-refractivity contribution in [2.24, 2.45) is 0 Å². The molecule has 114 valence electrons. The molecule has 6 heteroatoms. The van der Waals surface area contributed by atoms with Crippen LogP contribution in [0.25, 0.3) is 0 Å². The van der Waals surface area contributed by atoms with Crippen molar-refractivity contribution in [2.75, 3.05) is 26.2 Å². The smallest absolute Gasteiger partial charge is 0.315 e. The summed E-state index contributed by atoms with van der Waals surface area (Å²) in [5.74, 6) is 0. The van der Waals surface area contributed by atoms with Gasteiger partial charge >= 0.3 is 6.03 Å². The molecule has 1 heterocycles. The quantitative estimate of drug-likeness (QED) is 0.686. The van der Waals surface area contributed by atoms with Crippen molar-refractivity contribution < 1.29 is 9.90 Å². The second-order valence-electron chi connectivity index (χ2n) is 4.73. The van der Waals surface area contributed by atoms with E-state index in [0.29, 0.717) is 6.54 Å². The summed E-state index contributed by atoms with van der Waals surface area (Å²) in [4.78, 5) is 14.1. The van der Waals surface area contributed by atoms with Gasteiger partial charge in [-0.3, -0.25) is 4.90 Å². The molecule has 1 aromatic rings. The minimum atomic E-state index is -0.237. The molecule has 0 aromatic carbocycles. The fourth-order valence-electron chi connectivity index (χ4n) is 2.10. The van der Waals surface area contributed by atoms with Gasteiger partial charge in [0.1, 0.15) is 0 Å². The highest BCUT2D eigenvalue weighted by atomic mass is 32.1. The molecule has 2 amide bonds. The Hall–Kier alpha value is -1.11. The Kier molecular flexibility index (Phi) is 7.58. The normalized spacial score (nSPS) is 14.1. The van der Waals surface area contributed by atoms with Gasteiger partial charge in [-0.1, -0.05) is 13.8 Å². The zero-order valence-electron chi connectivity index (χ0n) is 12.4. The molecule has 0 saturated carbocycles. The number of urea groups is 1. The first kappa shape index (κ1) is 16.9. The van der Waals surface area contributed by atoms with E-state index in [1.807, 2.05) is 0 Å². The highest BCUT2D eigenvalue weighted by Crippen LogP contribution is 2.22. The van der Waals surface area contributed by atoms with Crippen LogP contribution in [0.5, 0.6) is 0 Å². The largest absolute Gasteiger partial charge is 0.394 e. The van der Waals surface area contributed by atoms with Crippen LogP contribution in [-0.2, 0) is 0 Å². The molecule has 0 saturated heterocycles. The van der Waals surface area contributed by atoms with Crippen molar-refractivity contribution in [3.05, 3.63) is 22.4 Å². The fourth-order valence-corrected chi connectivity index (χ4v) is 2.80. The SMILES string of the molecule is CCN(CC)C(CNC(=O)N[C@@H](C)CO)c1ccsc1. The predicted octanol–water partition coefficient (Wildman–Crippen LogP) is 1.81. The average molecular weight is 299 g/mol. The first-order valence-corrected chi connectivity index (χ1v) is 7.97. The van der Waals surface area contributed by atoms with Gasteiger partial charge < -0.3 is 15.7 Å². The van der Waals surface area contributed by atoms with Crippen molar-refractivity contribution in [1.82, 2.24) is 15.5 Å². The van der Waals surface area contributed by atoms with Gasteiger partial charge in [-0.25, -0.2) is 4.79 Å². The molecule has 0 aliphatic rings. The van der Waals surface area contributed by atoms with Crippen molar-refractivity contribution in [2.45, 2.75) is 32.9 Å². The Balaban J connectivity index is 2.60. The number of hydrogen-bond acceptors (Lipinski definition) is 4. The Morgan fingerprint density at radius 1 is 1.45 bits per heavy atom. The third kappa shape index (κ3) is 5.11. The topological polar surface area (TPSA) is 64.6 Å². The summed E-state index contributed by atoms with van der Waals surface area (Å²) in [5.41, 5.74) is 1.23. The lowest BCUT2D eigenvalue weighted by atomic mass is 10.1. The van der Waals surface area contributed by atoms with Gasteiger partial charge in [0, 0.05) is 6.54 Å². The van der Waals surface area contributed by atoms with E-state index in [0.717, 1.165) is 13.1 Å². The van der Waals surface area contributed by atoms with E-state index in [4.69, 9.17) is 5.11 Å². The number of likely N-dealkylation sites (N-methyl/N-ethyl adjacent to an activating group) is 1. The minimum absolute atomic E-state index is 0.0581. The molecule has 0 bridgehead atoms. The van der Waals surface area contributed by atoms with Crippen molar-refractivity contribution in [3.63, 3.8) is 0 Å². The van der Waals surface area contributed by atoms with Gasteiger partial charge in [0.2, 0.25) is 0 Å². The molecular formula is C14H25N3O2S. The molecule has 0 aliphatic heterocycles. The standard InChI is InChI=1S/C14H25N3O2S/c1-4-17(5-2)13(12-6-7-20-10-12)8-15-14(19)16-11(3)9-18/h6-7,10-11,13,18H,4-5,8-9H2,1-3H3,(H2,15,16,19)/t11-,13?/m0/s1.